The number of carbonyl (C=O) groups excluding carboxylic acids is 1. The Hall–Kier alpha value is -1.52. The number of carbonyl (C=O) groups is 1. The van der Waals surface area contributed by atoms with Gasteiger partial charge in [0.1, 0.15) is 0 Å². The van der Waals surface area contributed by atoms with Crippen LogP contribution >= 0.6 is 11.6 Å². The molecular formula is C16H22ClN3O. The predicted octanol–water partition coefficient (Wildman–Crippen LogP) is 2.40. The van der Waals surface area contributed by atoms with Crippen LogP contribution in [0.2, 0.25) is 5.02 Å². The number of hydrogen-bond acceptors (Lipinski definition) is 2. The topological polar surface area (TPSA) is 35.6 Å². The first-order chi connectivity index (χ1) is 10.2. The minimum atomic E-state index is 0.0234. The van der Waals surface area contributed by atoms with E-state index in [0.29, 0.717) is 6.54 Å². The minimum absolute atomic E-state index is 0.0234. The zero-order valence-corrected chi connectivity index (χ0v) is 13.0. The van der Waals surface area contributed by atoms with Crippen molar-refractivity contribution in [1.82, 2.24) is 15.1 Å². The van der Waals surface area contributed by atoms with Crippen LogP contribution in [0.25, 0.3) is 0 Å². The van der Waals surface area contributed by atoms with Gasteiger partial charge in [0.05, 0.1) is 0 Å². The van der Waals surface area contributed by atoms with Gasteiger partial charge in [0, 0.05) is 44.3 Å². The summed E-state index contributed by atoms with van der Waals surface area (Å²) in [5.41, 5.74) is 1.14. The first-order valence-electron chi connectivity index (χ1n) is 7.29. The van der Waals surface area contributed by atoms with Crippen molar-refractivity contribution in [1.29, 1.82) is 0 Å². The molecule has 0 aromatic heterocycles. The highest BCUT2D eigenvalue weighted by Crippen LogP contribution is 2.10. The highest BCUT2D eigenvalue weighted by molar-refractivity contribution is 6.30. The number of nitrogens with one attached hydrogen (secondary N) is 1. The van der Waals surface area contributed by atoms with Crippen LogP contribution in [0.1, 0.15) is 5.56 Å². The zero-order valence-electron chi connectivity index (χ0n) is 12.2. The summed E-state index contributed by atoms with van der Waals surface area (Å²) < 4.78 is 0. The van der Waals surface area contributed by atoms with Gasteiger partial charge in [0.15, 0.2) is 0 Å². The van der Waals surface area contributed by atoms with Crippen LogP contribution in [0.3, 0.4) is 0 Å². The maximum Gasteiger partial charge on any atom is 0.317 e. The first kappa shape index (κ1) is 15.9. The Bertz CT molecular complexity index is 484. The minimum Gasteiger partial charge on any atom is -0.338 e. The van der Waals surface area contributed by atoms with E-state index in [9.17, 15) is 4.79 Å². The second-order valence-electron chi connectivity index (χ2n) is 5.19. The Labute approximate surface area is 131 Å². The van der Waals surface area contributed by atoms with Crippen LogP contribution in [-0.2, 0) is 6.42 Å². The number of benzene rings is 1. The summed E-state index contributed by atoms with van der Waals surface area (Å²) in [6, 6.07) is 7.76. The molecule has 2 rings (SSSR count). The predicted molar refractivity (Wildman–Crippen MR) is 86.8 cm³/mol. The number of urea groups is 1. The SMILES string of the molecule is C=CCN1CCN(C(=O)NCCc2cccc(Cl)c2)CC1. The Morgan fingerprint density at radius 1 is 1.33 bits per heavy atom. The van der Waals surface area contributed by atoms with Gasteiger partial charge in [-0.2, -0.15) is 0 Å². The van der Waals surface area contributed by atoms with Crippen molar-refractivity contribution >= 4 is 17.6 Å². The lowest BCUT2D eigenvalue weighted by Crippen LogP contribution is -2.51. The second kappa shape index (κ2) is 8.05. The van der Waals surface area contributed by atoms with Gasteiger partial charge in [-0.05, 0) is 24.1 Å². The molecule has 4 nitrogen and oxygen atoms in total. The fourth-order valence-electron chi connectivity index (χ4n) is 2.43. The molecule has 0 unspecified atom stereocenters. The molecule has 0 aliphatic carbocycles. The van der Waals surface area contributed by atoms with Crippen LogP contribution in [0, 0.1) is 0 Å². The third-order valence-corrected chi connectivity index (χ3v) is 3.86. The average molecular weight is 308 g/mol. The third kappa shape index (κ3) is 5.06. The number of amides is 2. The van der Waals surface area contributed by atoms with Gasteiger partial charge >= 0.3 is 6.03 Å². The fourth-order valence-corrected chi connectivity index (χ4v) is 2.65. The molecule has 2 amide bonds. The van der Waals surface area contributed by atoms with Crippen LogP contribution < -0.4 is 5.32 Å². The quantitative estimate of drug-likeness (QED) is 0.848. The van der Waals surface area contributed by atoms with E-state index < -0.39 is 0 Å². The molecule has 1 fully saturated rings. The van der Waals surface area contributed by atoms with E-state index in [4.69, 9.17) is 11.6 Å². The molecule has 1 aliphatic rings. The monoisotopic (exact) mass is 307 g/mol. The summed E-state index contributed by atoms with van der Waals surface area (Å²) in [5, 5.41) is 3.71. The van der Waals surface area contributed by atoms with Crippen molar-refractivity contribution in [3.8, 4) is 0 Å². The zero-order chi connectivity index (χ0) is 15.1. The van der Waals surface area contributed by atoms with Gasteiger partial charge in [-0.25, -0.2) is 4.79 Å². The molecule has 0 saturated carbocycles. The Kier molecular flexibility index (Phi) is 6.08. The van der Waals surface area contributed by atoms with E-state index in [2.05, 4.69) is 16.8 Å². The van der Waals surface area contributed by atoms with Crippen molar-refractivity contribution in [3.05, 3.63) is 47.5 Å². The molecule has 1 saturated heterocycles. The van der Waals surface area contributed by atoms with E-state index in [1.165, 1.54) is 0 Å². The van der Waals surface area contributed by atoms with Gasteiger partial charge in [0.25, 0.3) is 0 Å². The molecule has 0 spiro atoms. The van der Waals surface area contributed by atoms with E-state index in [1.807, 2.05) is 35.2 Å². The number of nitrogens with zero attached hydrogens (tertiary/aromatic N) is 2. The Morgan fingerprint density at radius 2 is 2.10 bits per heavy atom. The smallest absolute Gasteiger partial charge is 0.317 e. The number of hydrogen-bond donors (Lipinski definition) is 1. The molecule has 1 aromatic carbocycles. The number of piperazine rings is 1. The van der Waals surface area contributed by atoms with Crippen molar-refractivity contribution in [2.45, 2.75) is 6.42 Å². The number of halogens is 1. The molecule has 0 atom stereocenters. The van der Waals surface area contributed by atoms with Gasteiger partial charge in [0.2, 0.25) is 0 Å². The Balaban J connectivity index is 1.69. The normalized spacial score (nSPS) is 15.8. The molecule has 0 bridgehead atoms. The lowest BCUT2D eigenvalue weighted by atomic mass is 10.1. The van der Waals surface area contributed by atoms with Gasteiger partial charge in [-0.15, -0.1) is 6.58 Å². The molecule has 114 valence electrons. The summed E-state index contributed by atoms with van der Waals surface area (Å²) in [7, 11) is 0. The molecular weight excluding hydrogens is 286 g/mol. The van der Waals surface area contributed by atoms with E-state index in [1.54, 1.807) is 0 Å². The third-order valence-electron chi connectivity index (χ3n) is 3.63. The maximum absolute atomic E-state index is 12.1. The fraction of sp³-hybridized carbons (Fsp3) is 0.438. The molecule has 1 heterocycles. The van der Waals surface area contributed by atoms with Crippen LogP contribution in [0.4, 0.5) is 4.79 Å². The summed E-state index contributed by atoms with van der Waals surface area (Å²) in [5.74, 6) is 0. The van der Waals surface area contributed by atoms with Gasteiger partial charge in [-0.1, -0.05) is 29.8 Å². The van der Waals surface area contributed by atoms with Gasteiger partial charge < -0.3 is 10.2 Å². The lowest BCUT2D eigenvalue weighted by molar-refractivity contribution is 0.147. The van der Waals surface area contributed by atoms with Crippen LogP contribution in [-0.4, -0.2) is 55.1 Å². The number of rotatable bonds is 5. The van der Waals surface area contributed by atoms with Gasteiger partial charge in [-0.3, -0.25) is 4.90 Å². The van der Waals surface area contributed by atoms with Crippen molar-refractivity contribution < 1.29 is 4.79 Å². The molecule has 1 N–H and O–H groups in total. The Morgan fingerprint density at radius 3 is 2.76 bits per heavy atom. The summed E-state index contributed by atoms with van der Waals surface area (Å²) in [6.45, 7) is 8.63. The van der Waals surface area contributed by atoms with Crippen LogP contribution in [0.15, 0.2) is 36.9 Å². The summed E-state index contributed by atoms with van der Waals surface area (Å²) >= 11 is 5.94. The van der Waals surface area contributed by atoms with E-state index >= 15 is 0 Å². The maximum atomic E-state index is 12.1. The largest absolute Gasteiger partial charge is 0.338 e. The molecule has 5 heteroatoms. The van der Waals surface area contributed by atoms with E-state index in [-0.39, 0.29) is 6.03 Å². The molecule has 0 radical (unpaired) electrons. The lowest BCUT2D eigenvalue weighted by Gasteiger charge is -2.34. The molecule has 21 heavy (non-hydrogen) atoms. The van der Waals surface area contributed by atoms with Crippen molar-refractivity contribution in [2.24, 2.45) is 0 Å². The summed E-state index contributed by atoms with van der Waals surface area (Å²) in [4.78, 5) is 16.2. The molecule has 1 aromatic rings. The highest BCUT2D eigenvalue weighted by Gasteiger charge is 2.19. The van der Waals surface area contributed by atoms with Crippen LogP contribution in [0.5, 0.6) is 0 Å². The average Bonchev–Trinajstić information content (AvgIpc) is 2.48. The standard InChI is InChI=1S/C16H22ClN3O/c1-2-8-19-9-11-20(12-10-19)16(21)18-7-6-14-4-3-5-15(17)13-14/h2-5,13H,1,6-12H2,(H,18,21). The molecule has 1 aliphatic heterocycles. The van der Waals surface area contributed by atoms with Crippen molar-refractivity contribution in [2.75, 3.05) is 39.3 Å². The first-order valence-corrected chi connectivity index (χ1v) is 7.67. The second-order valence-corrected chi connectivity index (χ2v) is 5.62. The van der Waals surface area contributed by atoms with E-state index in [0.717, 1.165) is 49.7 Å². The van der Waals surface area contributed by atoms with Crippen molar-refractivity contribution in [3.63, 3.8) is 0 Å². The summed E-state index contributed by atoms with van der Waals surface area (Å²) in [6.07, 6.45) is 2.70. The highest BCUT2D eigenvalue weighted by atomic mass is 35.5.